The zero-order chi connectivity index (χ0) is 13.3. The summed E-state index contributed by atoms with van der Waals surface area (Å²) in [5.41, 5.74) is -0.412. The largest absolute Gasteiger partial charge is 0.347 e. The highest BCUT2D eigenvalue weighted by molar-refractivity contribution is 7.85. The summed E-state index contributed by atoms with van der Waals surface area (Å²) < 4.78 is 26.9. The van der Waals surface area contributed by atoms with Crippen molar-refractivity contribution in [3.63, 3.8) is 0 Å². The van der Waals surface area contributed by atoms with Gasteiger partial charge in [-0.05, 0) is 41.5 Å². The monoisotopic (exact) mass is 261 g/mol. The summed E-state index contributed by atoms with van der Waals surface area (Å²) in [5.74, 6) is -0.682. The molecule has 1 fully saturated rings. The first-order chi connectivity index (χ1) is 7.58. The van der Waals surface area contributed by atoms with E-state index in [1.165, 1.54) is 0 Å². The van der Waals surface area contributed by atoms with Crippen LogP contribution in [0.5, 0.6) is 0 Å². The minimum atomic E-state index is -1.24. The maximum atomic E-state index is 11.9. The van der Waals surface area contributed by atoms with Gasteiger partial charge < -0.3 is 9.47 Å². The van der Waals surface area contributed by atoms with E-state index in [4.69, 9.17) is 9.47 Å². The molecule has 0 bridgehead atoms. The SMILES string of the molecule is CC(C)(C)[S@@](=O)/N=C/C(C)(C)C1(C)OCCO1. The van der Waals surface area contributed by atoms with Crippen molar-refractivity contribution in [2.24, 2.45) is 9.81 Å². The van der Waals surface area contributed by atoms with Crippen LogP contribution in [0.15, 0.2) is 4.40 Å². The molecule has 1 rings (SSSR count). The molecule has 0 unspecified atom stereocenters. The lowest BCUT2D eigenvalue weighted by Gasteiger charge is -2.36. The number of hydrogen-bond acceptors (Lipinski definition) is 3. The van der Waals surface area contributed by atoms with Crippen LogP contribution in [-0.2, 0) is 20.5 Å². The predicted molar refractivity (Wildman–Crippen MR) is 70.5 cm³/mol. The minimum Gasteiger partial charge on any atom is -0.347 e. The third-order valence-corrected chi connectivity index (χ3v) is 4.35. The Morgan fingerprint density at radius 1 is 1.18 bits per heavy atom. The van der Waals surface area contributed by atoms with E-state index in [0.717, 1.165) is 0 Å². The highest BCUT2D eigenvalue weighted by atomic mass is 32.2. The first-order valence-corrected chi connectivity index (χ1v) is 6.94. The van der Waals surface area contributed by atoms with Crippen molar-refractivity contribution < 1.29 is 13.7 Å². The van der Waals surface area contributed by atoms with Gasteiger partial charge in [0.15, 0.2) is 5.79 Å². The Morgan fingerprint density at radius 2 is 1.65 bits per heavy atom. The molecule has 1 aliphatic rings. The van der Waals surface area contributed by atoms with Crippen molar-refractivity contribution in [3.8, 4) is 0 Å². The number of rotatable bonds is 3. The topological polar surface area (TPSA) is 47.9 Å². The molecule has 0 aliphatic carbocycles. The van der Waals surface area contributed by atoms with E-state index in [-0.39, 0.29) is 4.75 Å². The minimum absolute atomic E-state index is 0.342. The highest BCUT2D eigenvalue weighted by Crippen LogP contribution is 2.36. The van der Waals surface area contributed by atoms with Gasteiger partial charge in [0.05, 0.1) is 23.4 Å². The lowest BCUT2D eigenvalue weighted by molar-refractivity contribution is -0.190. The van der Waals surface area contributed by atoms with Gasteiger partial charge >= 0.3 is 0 Å². The van der Waals surface area contributed by atoms with Crippen molar-refractivity contribution in [2.75, 3.05) is 13.2 Å². The average Bonchev–Trinajstić information content (AvgIpc) is 2.61. The average molecular weight is 261 g/mol. The molecule has 4 nitrogen and oxygen atoms in total. The van der Waals surface area contributed by atoms with Gasteiger partial charge in [0.25, 0.3) is 0 Å². The van der Waals surface area contributed by atoms with E-state index in [2.05, 4.69) is 4.40 Å². The Balaban J connectivity index is 2.79. The van der Waals surface area contributed by atoms with E-state index in [9.17, 15) is 4.21 Å². The molecule has 1 saturated heterocycles. The Kier molecular flexibility index (Phi) is 4.16. The number of nitrogens with zero attached hydrogens (tertiary/aromatic N) is 1. The van der Waals surface area contributed by atoms with Crippen LogP contribution in [0, 0.1) is 5.41 Å². The Bertz CT molecular complexity index is 325. The van der Waals surface area contributed by atoms with E-state index >= 15 is 0 Å². The van der Waals surface area contributed by atoms with Crippen LogP contribution in [0.4, 0.5) is 0 Å². The van der Waals surface area contributed by atoms with Crippen LogP contribution in [0.25, 0.3) is 0 Å². The maximum absolute atomic E-state index is 11.9. The summed E-state index contributed by atoms with van der Waals surface area (Å²) in [4.78, 5) is 0. The molecule has 17 heavy (non-hydrogen) atoms. The van der Waals surface area contributed by atoms with Crippen LogP contribution in [0.1, 0.15) is 41.5 Å². The Hall–Kier alpha value is -0.260. The van der Waals surface area contributed by atoms with Crippen molar-refractivity contribution >= 4 is 17.2 Å². The molecule has 1 aliphatic heterocycles. The molecule has 0 aromatic carbocycles. The summed E-state index contributed by atoms with van der Waals surface area (Å²) >= 11 is 0. The van der Waals surface area contributed by atoms with Crippen molar-refractivity contribution in [1.82, 2.24) is 0 Å². The Labute approximate surface area is 106 Å². The Morgan fingerprint density at radius 3 is 2.06 bits per heavy atom. The van der Waals surface area contributed by atoms with E-state index in [1.54, 1.807) is 6.21 Å². The van der Waals surface area contributed by atoms with Crippen molar-refractivity contribution in [3.05, 3.63) is 0 Å². The quantitative estimate of drug-likeness (QED) is 0.732. The predicted octanol–water partition coefficient (Wildman–Crippen LogP) is 2.31. The van der Waals surface area contributed by atoms with Gasteiger partial charge in [-0.2, -0.15) is 4.40 Å². The third kappa shape index (κ3) is 3.36. The first-order valence-electron chi connectivity index (χ1n) is 5.84. The molecule has 0 radical (unpaired) electrons. The third-order valence-electron chi connectivity index (χ3n) is 3.00. The molecule has 1 atom stereocenters. The smallest absolute Gasteiger partial charge is 0.175 e. The van der Waals surface area contributed by atoms with Crippen molar-refractivity contribution in [1.29, 1.82) is 0 Å². The fraction of sp³-hybridized carbons (Fsp3) is 0.917. The van der Waals surface area contributed by atoms with Crippen LogP contribution >= 0.6 is 0 Å². The number of ether oxygens (including phenoxy) is 2. The molecule has 0 aromatic heterocycles. The van der Waals surface area contributed by atoms with E-state index in [1.807, 2.05) is 41.5 Å². The van der Waals surface area contributed by atoms with Crippen molar-refractivity contribution in [2.45, 2.75) is 52.1 Å². The molecule has 5 heteroatoms. The van der Waals surface area contributed by atoms with Crippen LogP contribution in [-0.4, -0.2) is 34.2 Å². The molecule has 0 spiro atoms. The van der Waals surface area contributed by atoms with Gasteiger partial charge in [-0.1, -0.05) is 0 Å². The molecule has 0 N–H and O–H groups in total. The van der Waals surface area contributed by atoms with Gasteiger partial charge in [-0.3, -0.25) is 0 Å². The van der Waals surface area contributed by atoms with Gasteiger partial charge in [0.1, 0.15) is 11.0 Å². The molecule has 1 heterocycles. The van der Waals surface area contributed by atoms with Crippen LogP contribution in [0.2, 0.25) is 0 Å². The second-order valence-electron chi connectivity index (χ2n) is 5.96. The zero-order valence-electron chi connectivity index (χ0n) is 11.6. The lowest BCUT2D eigenvalue weighted by atomic mass is 9.85. The molecular weight excluding hydrogens is 238 g/mol. The second kappa shape index (κ2) is 4.78. The molecule has 0 aromatic rings. The van der Waals surface area contributed by atoms with Gasteiger partial charge in [0.2, 0.25) is 0 Å². The summed E-state index contributed by atoms with van der Waals surface area (Å²) in [6.07, 6.45) is 1.69. The fourth-order valence-electron chi connectivity index (χ4n) is 1.34. The summed E-state index contributed by atoms with van der Waals surface area (Å²) in [5, 5.41) is 0. The maximum Gasteiger partial charge on any atom is 0.175 e. The second-order valence-corrected chi connectivity index (χ2v) is 7.89. The van der Waals surface area contributed by atoms with Crippen LogP contribution in [0.3, 0.4) is 0 Å². The summed E-state index contributed by atoms with van der Waals surface area (Å²) in [6.45, 7) is 12.7. The molecule has 100 valence electrons. The molecular formula is C12H23NO3S. The normalized spacial score (nSPS) is 23.2. The fourth-order valence-corrected chi connectivity index (χ4v) is 2.02. The van der Waals surface area contributed by atoms with E-state index < -0.39 is 22.2 Å². The van der Waals surface area contributed by atoms with Gasteiger partial charge in [0, 0.05) is 6.21 Å². The highest BCUT2D eigenvalue weighted by Gasteiger charge is 2.45. The number of hydrogen-bond donors (Lipinski definition) is 0. The summed E-state index contributed by atoms with van der Waals surface area (Å²) in [6, 6.07) is 0. The first kappa shape index (κ1) is 14.8. The summed E-state index contributed by atoms with van der Waals surface area (Å²) in [7, 11) is -1.24. The standard InChI is InChI=1S/C12H23NO3S/c1-10(2,3)17(14)13-9-11(4,5)12(6)15-7-8-16-12/h9H,7-8H2,1-6H3/b13-9+/t17-/m1/s1. The molecule has 0 amide bonds. The molecule has 0 saturated carbocycles. The van der Waals surface area contributed by atoms with Gasteiger partial charge in [-0.15, -0.1) is 0 Å². The van der Waals surface area contributed by atoms with Gasteiger partial charge in [-0.25, -0.2) is 4.21 Å². The zero-order valence-corrected chi connectivity index (χ0v) is 12.4. The lowest BCUT2D eigenvalue weighted by Crippen LogP contribution is -2.44. The van der Waals surface area contributed by atoms with Crippen LogP contribution < -0.4 is 0 Å². The van der Waals surface area contributed by atoms with E-state index in [0.29, 0.717) is 13.2 Å².